The molecule has 3 nitrogen and oxygen atoms in total. The van der Waals surface area contributed by atoms with Gasteiger partial charge < -0.3 is 15.3 Å². The Bertz CT molecular complexity index is 212. The Morgan fingerprint density at radius 3 is 2.47 bits per heavy atom. The van der Waals surface area contributed by atoms with Crippen LogP contribution in [-0.4, -0.2) is 48.3 Å². The molecule has 0 aromatic rings. The molecule has 0 aliphatic heterocycles. The monoisotopic (exact) mass is 242 g/mol. The zero-order valence-corrected chi connectivity index (χ0v) is 12.0. The average molecular weight is 242 g/mol. The topological polar surface area (TPSA) is 35.5 Å². The molecule has 0 bridgehead atoms. The summed E-state index contributed by atoms with van der Waals surface area (Å²) in [6, 6.07) is 1.35. The van der Waals surface area contributed by atoms with Gasteiger partial charge in [-0.2, -0.15) is 0 Å². The van der Waals surface area contributed by atoms with Gasteiger partial charge in [0.05, 0.1) is 0 Å². The first kappa shape index (κ1) is 14.9. The molecule has 1 aliphatic rings. The minimum absolute atomic E-state index is 0.296. The van der Waals surface area contributed by atoms with Gasteiger partial charge in [0.1, 0.15) is 0 Å². The molecule has 1 aliphatic carbocycles. The fraction of sp³-hybridized carbons (Fsp3) is 1.00. The summed E-state index contributed by atoms with van der Waals surface area (Å²) in [5.41, 5.74) is 0.308. The van der Waals surface area contributed by atoms with E-state index in [4.69, 9.17) is 5.11 Å². The van der Waals surface area contributed by atoms with Crippen molar-refractivity contribution >= 4 is 0 Å². The summed E-state index contributed by atoms with van der Waals surface area (Å²) in [6.07, 6.45) is 3.59. The maximum absolute atomic E-state index is 8.94. The Balaban J connectivity index is 2.33. The molecule has 0 saturated heterocycles. The number of aliphatic hydroxyl groups is 1. The highest BCUT2D eigenvalue weighted by atomic mass is 16.3. The lowest BCUT2D eigenvalue weighted by molar-refractivity contribution is 0.130. The van der Waals surface area contributed by atoms with Crippen LogP contribution < -0.4 is 5.32 Å². The number of aliphatic hydroxyl groups excluding tert-OH is 1. The molecule has 102 valence electrons. The Morgan fingerprint density at radius 1 is 1.35 bits per heavy atom. The molecule has 1 fully saturated rings. The van der Waals surface area contributed by atoms with Gasteiger partial charge in [-0.3, -0.25) is 0 Å². The van der Waals surface area contributed by atoms with Crippen LogP contribution >= 0.6 is 0 Å². The Morgan fingerprint density at radius 2 is 2.00 bits per heavy atom. The van der Waals surface area contributed by atoms with E-state index in [1.165, 1.54) is 12.8 Å². The molecule has 3 heteroatoms. The summed E-state index contributed by atoms with van der Waals surface area (Å²) in [5.74, 6) is 0. The lowest BCUT2D eigenvalue weighted by Crippen LogP contribution is -2.44. The predicted octanol–water partition coefficient (Wildman–Crippen LogP) is 1.86. The summed E-state index contributed by atoms with van der Waals surface area (Å²) in [6.45, 7) is 12.6. The fourth-order valence-electron chi connectivity index (χ4n) is 2.11. The van der Waals surface area contributed by atoms with Gasteiger partial charge in [0.2, 0.25) is 0 Å². The largest absolute Gasteiger partial charge is 0.396 e. The van der Waals surface area contributed by atoms with Crippen LogP contribution in [0.4, 0.5) is 0 Å². The Kier molecular flexibility index (Phi) is 5.90. The van der Waals surface area contributed by atoms with E-state index in [9.17, 15) is 0 Å². The first-order chi connectivity index (χ1) is 7.94. The SMILES string of the molecule is CC(C)N(CCCO)CC(C)(C)CNC1CC1. The van der Waals surface area contributed by atoms with Crippen molar-refractivity contribution in [2.75, 3.05) is 26.2 Å². The van der Waals surface area contributed by atoms with Gasteiger partial charge in [-0.1, -0.05) is 13.8 Å². The van der Waals surface area contributed by atoms with Crippen LogP contribution in [0.1, 0.15) is 47.0 Å². The first-order valence-electron chi connectivity index (χ1n) is 7.03. The highest BCUT2D eigenvalue weighted by Crippen LogP contribution is 2.23. The minimum Gasteiger partial charge on any atom is -0.396 e. The third-order valence-corrected chi connectivity index (χ3v) is 3.41. The van der Waals surface area contributed by atoms with Crippen LogP contribution in [0.5, 0.6) is 0 Å². The van der Waals surface area contributed by atoms with Crippen molar-refractivity contribution in [3.05, 3.63) is 0 Å². The number of nitrogens with zero attached hydrogens (tertiary/aromatic N) is 1. The van der Waals surface area contributed by atoms with Crippen molar-refractivity contribution < 1.29 is 5.11 Å². The van der Waals surface area contributed by atoms with E-state index in [-0.39, 0.29) is 0 Å². The molecular formula is C14H30N2O. The van der Waals surface area contributed by atoms with E-state index in [0.717, 1.165) is 32.1 Å². The average Bonchev–Trinajstić information content (AvgIpc) is 3.05. The maximum atomic E-state index is 8.94. The third-order valence-electron chi connectivity index (χ3n) is 3.41. The van der Waals surface area contributed by atoms with E-state index in [1.807, 2.05) is 0 Å². The van der Waals surface area contributed by atoms with Crippen molar-refractivity contribution in [3.8, 4) is 0 Å². The van der Waals surface area contributed by atoms with Gasteiger partial charge in [0.25, 0.3) is 0 Å². The second kappa shape index (κ2) is 6.72. The van der Waals surface area contributed by atoms with Crippen LogP contribution in [0.15, 0.2) is 0 Å². The van der Waals surface area contributed by atoms with Gasteiger partial charge >= 0.3 is 0 Å². The molecule has 0 unspecified atom stereocenters. The molecule has 1 saturated carbocycles. The van der Waals surface area contributed by atoms with Crippen LogP contribution in [0.2, 0.25) is 0 Å². The van der Waals surface area contributed by atoms with Crippen LogP contribution in [0, 0.1) is 5.41 Å². The number of nitrogens with one attached hydrogen (secondary N) is 1. The molecule has 0 spiro atoms. The normalized spacial score (nSPS) is 17.1. The number of rotatable bonds is 9. The first-order valence-corrected chi connectivity index (χ1v) is 7.03. The highest BCUT2D eigenvalue weighted by molar-refractivity contribution is 4.85. The number of hydrogen-bond donors (Lipinski definition) is 2. The van der Waals surface area contributed by atoms with Gasteiger partial charge in [-0.25, -0.2) is 0 Å². The summed E-state index contributed by atoms with van der Waals surface area (Å²) in [7, 11) is 0. The Hall–Kier alpha value is -0.120. The molecule has 0 atom stereocenters. The van der Waals surface area contributed by atoms with Crippen molar-refractivity contribution in [2.24, 2.45) is 5.41 Å². The summed E-state index contributed by atoms with van der Waals surface area (Å²) in [4.78, 5) is 2.48. The molecule has 0 radical (unpaired) electrons. The lowest BCUT2D eigenvalue weighted by atomic mass is 9.92. The molecule has 0 heterocycles. The number of hydrogen-bond acceptors (Lipinski definition) is 3. The molecular weight excluding hydrogens is 212 g/mol. The van der Waals surface area contributed by atoms with Crippen LogP contribution in [0.25, 0.3) is 0 Å². The van der Waals surface area contributed by atoms with E-state index in [0.29, 0.717) is 18.1 Å². The van der Waals surface area contributed by atoms with Crippen molar-refractivity contribution in [1.82, 2.24) is 10.2 Å². The quantitative estimate of drug-likeness (QED) is 0.648. The molecule has 0 amide bonds. The second-order valence-corrected chi connectivity index (χ2v) is 6.46. The van der Waals surface area contributed by atoms with E-state index < -0.39 is 0 Å². The predicted molar refractivity (Wildman–Crippen MR) is 73.2 cm³/mol. The summed E-state index contributed by atoms with van der Waals surface area (Å²) < 4.78 is 0. The highest BCUT2D eigenvalue weighted by Gasteiger charge is 2.27. The van der Waals surface area contributed by atoms with Crippen LogP contribution in [-0.2, 0) is 0 Å². The van der Waals surface area contributed by atoms with E-state index in [2.05, 4.69) is 37.9 Å². The molecule has 1 rings (SSSR count). The standard InChI is InChI=1S/C14H30N2O/c1-12(2)16(8-5-9-17)11-14(3,4)10-15-13-6-7-13/h12-13,15,17H,5-11H2,1-4H3. The summed E-state index contributed by atoms with van der Waals surface area (Å²) in [5, 5.41) is 12.6. The van der Waals surface area contributed by atoms with Gasteiger partial charge in [0.15, 0.2) is 0 Å². The van der Waals surface area contributed by atoms with Gasteiger partial charge in [-0.05, 0) is 38.5 Å². The van der Waals surface area contributed by atoms with Crippen molar-refractivity contribution in [2.45, 2.75) is 59.0 Å². The molecule has 0 aromatic heterocycles. The van der Waals surface area contributed by atoms with Gasteiger partial charge in [-0.15, -0.1) is 0 Å². The molecule has 2 N–H and O–H groups in total. The summed E-state index contributed by atoms with van der Waals surface area (Å²) >= 11 is 0. The smallest absolute Gasteiger partial charge is 0.0443 e. The minimum atomic E-state index is 0.296. The van der Waals surface area contributed by atoms with Crippen molar-refractivity contribution in [1.29, 1.82) is 0 Å². The third kappa shape index (κ3) is 6.39. The zero-order chi connectivity index (χ0) is 12.9. The van der Waals surface area contributed by atoms with E-state index in [1.54, 1.807) is 0 Å². The van der Waals surface area contributed by atoms with Crippen molar-refractivity contribution in [3.63, 3.8) is 0 Å². The molecule has 0 aromatic carbocycles. The van der Waals surface area contributed by atoms with Gasteiger partial charge in [0, 0.05) is 38.3 Å². The second-order valence-electron chi connectivity index (χ2n) is 6.46. The van der Waals surface area contributed by atoms with Crippen LogP contribution in [0.3, 0.4) is 0 Å². The maximum Gasteiger partial charge on any atom is 0.0443 e. The Labute approximate surface area is 107 Å². The zero-order valence-electron chi connectivity index (χ0n) is 12.0. The molecule has 17 heavy (non-hydrogen) atoms. The fourth-order valence-corrected chi connectivity index (χ4v) is 2.11. The van der Waals surface area contributed by atoms with E-state index >= 15 is 0 Å². The lowest BCUT2D eigenvalue weighted by Gasteiger charge is -2.35.